The number of nitrogens with zero attached hydrogens (tertiary/aromatic N) is 3. The number of amides is 1. The molecule has 0 unspecified atom stereocenters. The lowest BCUT2D eigenvalue weighted by molar-refractivity contribution is 0.0781. The quantitative estimate of drug-likeness (QED) is 0.883. The van der Waals surface area contributed by atoms with Crippen molar-refractivity contribution in [2.24, 2.45) is 18.9 Å². The molecular formula is C21H27N3O3. The van der Waals surface area contributed by atoms with Crippen molar-refractivity contribution in [1.82, 2.24) is 14.4 Å². The number of rotatable bonds is 4. The summed E-state index contributed by atoms with van der Waals surface area (Å²) in [6.45, 7) is 4.46. The molecule has 0 radical (unpaired) electrons. The minimum atomic E-state index is -0.177. The summed E-state index contributed by atoms with van der Waals surface area (Å²) in [5, 5.41) is 10.6. The van der Waals surface area contributed by atoms with Crippen molar-refractivity contribution in [3.8, 4) is 0 Å². The van der Waals surface area contributed by atoms with Gasteiger partial charge in [-0.15, -0.1) is 0 Å². The molecule has 1 aromatic heterocycles. The Morgan fingerprint density at radius 2 is 1.85 bits per heavy atom. The van der Waals surface area contributed by atoms with E-state index >= 15 is 0 Å². The van der Waals surface area contributed by atoms with Crippen LogP contribution in [0.1, 0.15) is 23.2 Å². The first kappa shape index (κ1) is 18.2. The fraction of sp³-hybridized carbons (Fsp3) is 0.524. The molecule has 1 amide bonds. The first-order valence-electron chi connectivity index (χ1n) is 9.79. The number of likely N-dealkylation sites (tertiary alicyclic amines) is 2. The standard InChI is InChI=1S/C21H27N3O3/c1-22-19-7-3-2-6-17(19)18(10-20(22)26)21(27)24-12-15(16(13-24)14-25)11-23-8-4-5-9-23/h2-3,6-7,10,15-16,25H,4-5,8-9,11-14H2,1H3/t15-,16-/m1/s1. The molecule has 4 rings (SSSR count). The molecule has 0 saturated carbocycles. The maximum atomic E-state index is 13.3. The Morgan fingerprint density at radius 1 is 1.15 bits per heavy atom. The SMILES string of the molecule is Cn1c(=O)cc(C(=O)N2C[C@@H](CN3CCCC3)[C@@H](CO)C2)c2ccccc21. The van der Waals surface area contributed by atoms with Crippen LogP contribution in [0.25, 0.3) is 10.9 Å². The third-order valence-electron chi connectivity index (χ3n) is 6.17. The average Bonchev–Trinajstić information content (AvgIpc) is 3.34. The number of para-hydroxylation sites is 1. The topological polar surface area (TPSA) is 65.8 Å². The van der Waals surface area contributed by atoms with E-state index in [1.807, 2.05) is 29.2 Å². The van der Waals surface area contributed by atoms with Gasteiger partial charge in [-0.05, 0) is 37.9 Å². The van der Waals surface area contributed by atoms with E-state index in [9.17, 15) is 14.7 Å². The van der Waals surface area contributed by atoms with Crippen molar-refractivity contribution in [2.45, 2.75) is 12.8 Å². The molecule has 3 heterocycles. The summed E-state index contributed by atoms with van der Waals surface area (Å²) in [6.07, 6.45) is 2.47. The first-order valence-corrected chi connectivity index (χ1v) is 9.79. The largest absolute Gasteiger partial charge is 0.396 e. The molecule has 6 heteroatoms. The molecule has 6 nitrogen and oxygen atoms in total. The van der Waals surface area contributed by atoms with Crippen LogP contribution in [0.2, 0.25) is 0 Å². The van der Waals surface area contributed by atoms with Crippen molar-refractivity contribution in [3.63, 3.8) is 0 Å². The minimum Gasteiger partial charge on any atom is -0.396 e. The minimum absolute atomic E-state index is 0.0968. The van der Waals surface area contributed by atoms with E-state index in [1.54, 1.807) is 11.6 Å². The van der Waals surface area contributed by atoms with Crippen LogP contribution >= 0.6 is 0 Å². The van der Waals surface area contributed by atoms with E-state index in [-0.39, 0.29) is 29.9 Å². The Morgan fingerprint density at radius 3 is 2.59 bits per heavy atom. The lowest BCUT2D eigenvalue weighted by Gasteiger charge is -2.23. The average molecular weight is 369 g/mol. The van der Waals surface area contributed by atoms with Crippen LogP contribution in [0.5, 0.6) is 0 Å². The summed E-state index contributed by atoms with van der Waals surface area (Å²) in [7, 11) is 1.72. The third kappa shape index (κ3) is 3.39. The van der Waals surface area contributed by atoms with E-state index in [2.05, 4.69) is 4.90 Å². The number of aryl methyl sites for hydroxylation is 1. The number of carbonyl (C=O) groups is 1. The zero-order chi connectivity index (χ0) is 19.0. The lowest BCUT2D eigenvalue weighted by Crippen LogP contribution is -2.33. The molecule has 0 aliphatic carbocycles. The molecule has 2 saturated heterocycles. The summed E-state index contributed by atoms with van der Waals surface area (Å²) in [5.41, 5.74) is 1.05. The number of aliphatic hydroxyl groups is 1. The van der Waals surface area contributed by atoms with Gasteiger partial charge in [0.1, 0.15) is 0 Å². The number of pyridine rings is 1. The summed E-state index contributed by atoms with van der Waals surface area (Å²) < 4.78 is 1.57. The van der Waals surface area contributed by atoms with Crippen molar-refractivity contribution >= 4 is 16.8 Å². The van der Waals surface area contributed by atoms with Gasteiger partial charge >= 0.3 is 0 Å². The van der Waals surface area contributed by atoms with Crippen molar-refractivity contribution in [3.05, 3.63) is 46.2 Å². The van der Waals surface area contributed by atoms with E-state index < -0.39 is 0 Å². The number of fused-ring (bicyclic) bond motifs is 1. The Labute approximate surface area is 159 Å². The van der Waals surface area contributed by atoms with Gasteiger partial charge in [0.2, 0.25) is 0 Å². The zero-order valence-corrected chi connectivity index (χ0v) is 15.8. The van der Waals surface area contributed by atoms with Crippen LogP contribution in [-0.4, -0.2) is 64.7 Å². The predicted molar refractivity (Wildman–Crippen MR) is 105 cm³/mol. The van der Waals surface area contributed by atoms with Gasteiger partial charge < -0.3 is 19.5 Å². The molecule has 144 valence electrons. The summed E-state index contributed by atoms with van der Waals surface area (Å²) in [6, 6.07) is 8.97. The molecule has 0 spiro atoms. The molecule has 27 heavy (non-hydrogen) atoms. The molecular weight excluding hydrogens is 342 g/mol. The van der Waals surface area contributed by atoms with Crippen LogP contribution in [-0.2, 0) is 7.05 Å². The molecule has 2 aromatic rings. The van der Waals surface area contributed by atoms with Gasteiger partial charge in [-0.2, -0.15) is 0 Å². The fourth-order valence-electron chi connectivity index (χ4n) is 4.57. The van der Waals surface area contributed by atoms with Crippen LogP contribution in [0.3, 0.4) is 0 Å². The van der Waals surface area contributed by atoms with Crippen LogP contribution in [0.15, 0.2) is 35.1 Å². The highest BCUT2D eigenvalue weighted by atomic mass is 16.3. The number of aliphatic hydroxyl groups excluding tert-OH is 1. The molecule has 1 N–H and O–H groups in total. The second kappa shape index (κ2) is 7.44. The van der Waals surface area contributed by atoms with Crippen molar-refractivity contribution < 1.29 is 9.90 Å². The van der Waals surface area contributed by atoms with Gasteiger partial charge in [-0.3, -0.25) is 9.59 Å². The van der Waals surface area contributed by atoms with Gasteiger partial charge in [-0.25, -0.2) is 0 Å². The molecule has 2 aliphatic rings. The molecule has 2 aliphatic heterocycles. The molecule has 1 aromatic carbocycles. The van der Waals surface area contributed by atoms with Gasteiger partial charge in [0, 0.05) is 50.7 Å². The smallest absolute Gasteiger partial charge is 0.254 e. The monoisotopic (exact) mass is 369 g/mol. The van der Waals surface area contributed by atoms with Gasteiger partial charge in [-0.1, -0.05) is 18.2 Å². The van der Waals surface area contributed by atoms with Gasteiger partial charge in [0.25, 0.3) is 11.5 Å². The Kier molecular flexibility index (Phi) is 5.02. The van der Waals surface area contributed by atoms with Crippen LogP contribution < -0.4 is 5.56 Å². The fourth-order valence-corrected chi connectivity index (χ4v) is 4.57. The lowest BCUT2D eigenvalue weighted by atomic mass is 9.96. The highest BCUT2D eigenvalue weighted by Crippen LogP contribution is 2.28. The number of hydrogen-bond donors (Lipinski definition) is 1. The molecule has 0 bridgehead atoms. The van der Waals surface area contributed by atoms with E-state index in [0.717, 1.165) is 30.5 Å². The third-order valence-corrected chi connectivity index (χ3v) is 6.17. The second-order valence-electron chi connectivity index (χ2n) is 7.89. The maximum absolute atomic E-state index is 13.3. The summed E-state index contributed by atoms with van der Waals surface area (Å²) >= 11 is 0. The Balaban J connectivity index is 1.60. The zero-order valence-electron chi connectivity index (χ0n) is 15.8. The molecule has 2 atom stereocenters. The van der Waals surface area contributed by atoms with E-state index in [0.29, 0.717) is 18.7 Å². The van der Waals surface area contributed by atoms with Crippen molar-refractivity contribution in [1.29, 1.82) is 0 Å². The van der Waals surface area contributed by atoms with Crippen molar-refractivity contribution in [2.75, 3.05) is 39.3 Å². The van der Waals surface area contributed by atoms with Gasteiger partial charge in [0.05, 0.1) is 11.1 Å². The first-order chi connectivity index (χ1) is 13.1. The van der Waals surface area contributed by atoms with Crippen LogP contribution in [0, 0.1) is 11.8 Å². The normalized spacial score (nSPS) is 23.4. The number of carbonyl (C=O) groups excluding carboxylic acids is 1. The van der Waals surface area contributed by atoms with Gasteiger partial charge in [0.15, 0.2) is 0 Å². The Bertz CT molecular complexity index is 901. The maximum Gasteiger partial charge on any atom is 0.254 e. The molecule has 2 fully saturated rings. The second-order valence-corrected chi connectivity index (χ2v) is 7.89. The number of aromatic nitrogens is 1. The van der Waals surface area contributed by atoms with E-state index in [1.165, 1.54) is 18.9 Å². The van der Waals surface area contributed by atoms with Crippen LogP contribution in [0.4, 0.5) is 0 Å². The number of hydrogen-bond acceptors (Lipinski definition) is 4. The Hall–Kier alpha value is -2.18. The predicted octanol–water partition coefficient (Wildman–Crippen LogP) is 1.31. The summed E-state index contributed by atoms with van der Waals surface area (Å²) in [5.74, 6) is 0.286. The summed E-state index contributed by atoms with van der Waals surface area (Å²) in [4.78, 5) is 29.8. The van der Waals surface area contributed by atoms with E-state index in [4.69, 9.17) is 0 Å². The highest BCUT2D eigenvalue weighted by molar-refractivity contribution is 6.06. The highest BCUT2D eigenvalue weighted by Gasteiger charge is 2.36. The number of benzene rings is 1.